The van der Waals surface area contributed by atoms with E-state index in [-0.39, 0.29) is 41.8 Å². The molecule has 1 aromatic carbocycles. The van der Waals surface area contributed by atoms with Crippen molar-refractivity contribution in [1.29, 1.82) is 0 Å². The summed E-state index contributed by atoms with van der Waals surface area (Å²) in [7, 11) is 1.95. The monoisotopic (exact) mass is 383 g/mol. The molecule has 0 unspecified atom stereocenters. The molecule has 2 saturated heterocycles. The Hall–Kier alpha value is -1.57. The van der Waals surface area contributed by atoms with Crippen LogP contribution in [0.25, 0.3) is 0 Å². The minimum atomic E-state index is -0.217. The van der Waals surface area contributed by atoms with E-state index in [4.69, 9.17) is 0 Å². The average molecular weight is 384 g/mol. The minimum Gasteiger partial charge on any atom is -0.339 e. The van der Waals surface area contributed by atoms with E-state index in [2.05, 4.69) is 5.32 Å². The molecule has 3 rings (SSSR count). The quantitative estimate of drug-likeness (QED) is 0.862. The fraction of sp³-hybridized carbons (Fsp3) is 0.471. The lowest BCUT2D eigenvalue weighted by atomic mass is 10.0. The molecule has 0 bridgehead atoms. The molecule has 2 fully saturated rings. The summed E-state index contributed by atoms with van der Waals surface area (Å²) in [4.78, 5) is 39.2. The Labute approximate surface area is 157 Å². The molecule has 2 aliphatic rings. The molecule has 2 aliphatic heterocycles. The molecule has 0 aliphatic carbocycles. The van der Waals surface area contributed by atoms with Crippen LogP contribution in [0.2, 0.25) is 0 Å². The Morgan fingerprint density at radius 2 is 2.00 bits per heavy atom. The maximum absolute atomic E-state index is 12.7. The smallest absolute Gasteiger partial charge is 0.289 e. The molecule has 6 nitrogen and oxygen atoms in total. The predicted octanol–water partition coefficient (Wildman–Crippen LogP) is 2.13. The van der Waals surface area contributed by atoms with Gasteiger partial charge in [-0.2, -0.15) is 0 Å². The van der Waals surface area contributed by atoms with Gasteiger partial charge in [-0.25, -0.2) is 0 Å². The molecular formula is C17H22ClN3O3S. The summed E-state index contributed by atoms with van der Waals surface area (Å²) in [6, 6.07) is 7.70. The number of benzene rings is 1. The van der Waals surface area contributed by atoms with Gasteiger partial charge < -0.3 is 10.2 Å². The van der Waals surface area contributed by atoms with Gasteiger partial charge in [0.1, 0.15) is 0 Å². The Kier molecular flexibility index (Phi) is 6.87. The number of rotatable bonds is 4. The average Bonchev–Trinajstić information content (AvgIpc) is 2.93. The summed E-state index contributed by atoms with van der Waals surface area (Å²) in [5.41, 5.74) is 1.41. The summed E-state index contributed by atoms with van der Waals surface area (Å²) in [5, 5.41) is 3.03. The van der Waals surface area contributed by atoms with Gasteiger partial charge in [-0.15, -0.1) is 12.4 Å². The highest BCUT2D eigenvalue weighted by Crippen LogP contribution is 2.22. The maximum atomic E-state index is 12.7. The summed E-state index contributed by atoms with van der Waals surface area (Å²) in [6.45, 7) is 1.72. The lowest BCUT2D eigenvalue weighted by molar-refractivity contribution is -0.125. The van der Waals surface area contributed by atoms with Crippen molar-refractivity contribution in [3.63, 3.8) is 0 Å². The second-order valence-electron chi connectivity index (χ2n) is 6.09. The highest BCUT2D eigenvalue weighted by molar-refractivity contribution is 8.14. The van der Waals surface area contributed by atoms with Gasteiger partial charge in [-0.05, 0) is 37.6 Å². The largest absolute Gasteiger partial charge is 0.339 e. The number of hydrogen-bond donors (Lipinski definition) is 1. The fourth-order valence-corrected chi connectivity index (χ4v) is 3.80. The van der Waals surface area contributed by atoms with Crippen LogP contribution in [0.3, 0.4) is 0 Å². The Morgan fingerprint density at radius 1 is 1.28 bits per heavy atom. The first kappa shape index (κ1) is 19.8. The van der Waals surface area contributed by atoms with Gasteiger partial charge in [-0.3, -0.25) is 19.3 Å². The molecule has 0 saturated carbocycles. The number of carbonyl (C=O) groups is 3. The van der Waals surface area contributed by atoms with E-state index in [0.717, 1.165) is 43.3 Å². The van der Waals surface area contributed by atoms with Gasteiger partial charge in [0.15, 0.2) is 0 Å². The van der Waals surface area contributed by atoms with Crippen LogP contribution in [-0.2, 0) is 11.3 Å². The Bertz CT molecular complexity index is 646. The van der Waals surface area contributed by atoms with Crippen molar-refractivity contribution < 1.29 is 14.4 Å². The zero-order valence-electron chi connectivity index (χ0n) is 14.1. The number of hydrogen-bond acceptors (Lipinski definition) is 5. The molecule has 1 aromatic rings. The maximum Gasteiger partial charge on any atom is 0.289 e. The number of carbonyl (C=O) groups excluding carboxylic acids is 3. The molecular weight excluding hydrogens is 362 g/mol. The normalized spacial score (nSPS) is 18.4. The first-order chi connectivity index (χ1) is 11.6. The van der Waals surface area contributed by atoms with Crippen LogP contribution in [0.1, 0.15) is 28.8 Å². The van der Waals surface area contributed by atoms with Gasteiger partial charge in [0.05, 0.1) is 12.3 Å². The molecule has 2 heterocycles. The van der Waals surface area contributed by atoms with Crippen molar-refractivity contribution in [2.45, 2.75) is 25.4 Å². The SMILES string of the molecule is CNC1CCN(C(=O)c2cccc(CN3C(=O)CSC3=O)c2)CC1.Cl. The topological polar surface area (TPSA) is 69.7 Å². The lowest BCUT2D eigenvalue weighted by Gasteiger charge is -2.32. The molecule has 8 heteroatoms. The summed E-state index contributed by atoms with van der Waals surface area (Å²) in [5.74, 6) is 0.0495. The van der Waals surface area contributed by atoms with E-state index in [9.17, 15) is 14.4 Å². The van der Waals surface area contributed by atoms with E-state index < -0.39 is 0 Å². The third-order valence-electron chi connectivity index (χ3n) is 4.55. The van der Waals surface area contributed by atoms with Gasteiger partial charge >= 0.3 is 0 Å². The molecule has 0 spiro atoms. The van der Waals surface area contributed by atoms with Crippen LogP contribution in [-0.4, -0.2) is 58.8 Å². The first-order valence-electron chi connectivity index (χ1n) is 8.11. The predicted molar refractivity (Wildman–Crippen MR) is 100 cm³/mol. The number of nitrogens with zero attached hydrogens (tertiary/aromatic N) is 2. The van der Waals surface area contributed by atoms with E-state index in [1.807, 2.05) is 18.0 Å². The Balaban J connectivity index is 0.00000225. The number of imide groups is 1. The van der Waals surface area contributed by atoms with Gasteiger partial charge in [0, 0.05) is 24.7 Å². The summed E-state index contributed by atoms with van der Waals surface area (Å²) in [6.07, 6.45) is 1.91. The van der Waals surface area contributed by atoms with Gasteiger partial charge in [-0.1, -0.05) is 23.9 Å². The molecule has 0 aromatic heterocycles. The third-order valence-corrected chi connectivity index (χ3v) is 5.40. The number of halogens is 1. The van der Waals surface area contributed by atoms with Crippen LogP contribution in [0.15, 0.2) is 24.3 Å². The molecule has 0 radical (unpaired) electrons. The molecule has 25 heavy (non-hydrogen) atoms. The standard InChI is InChI=1S/C17H21N3O3S.ClH/c1-18-14-5-7-19(8-6-14)16(22)13-4-2-3-12(9-13)10-20-15(21)11-24-17(20)23;/h2-4,9,14,18H,5-8,10-11H2,1H3;1H. The fourth-order valence-electron chi connectivity index (χ4n) is 3.07. The molecule has 136 valence electrons. The second-order valence-corrected chi connectivity index (χ2v) is 7.02. The van der Waals surface area contributed by atoms with E-state index >= 15 is 0 Å². The zero-order chi connectivity index (χ0) is 17.1. The third kappa shape index (κ3) is 4.54. The van der Waals surface area contributed by atoms with Crippen LogP contribution in [0.4, 0.5) is 4.79 Å². The number of likely N-dealkylation sites (tertiary alicyclic amines) is 1. The van der Waals surface area contributed by atoms with E-state index in [1.54, 1.807) is 18.2 Å². The highest BCUT2D eigenvalue weighted by Gasteiger charge is 2.30. The van der Waals surface area contributed by atoms with Crippen LogP contribution in [0, 0.1) is 0 Å². The lowest BCUT2D eigenvalue weighted by Crippen LogP contribution is -2.44. The number of piperidine rings is 1. The van der Waals surface area contributed by atoms with Crippen LogP contribution >= 0.6 is 24.2 Å². The second kappa shape index (κ2) is 8.69. The van der Waals surface area contributed by atoms with Crippen LogP contribution < -0.4 is 5.32 Å². The number of thioether (sulfide) groups is 1. The summed E-state index contributed by atoms with van der Waals surface area (Å²) >= 11 is 1.02. The van der Waals surface area contributed by atoms with Crippen molar-refractivity contribution in [1.82, 2.24) is 15.1 Å². The molecule has 3 amide bonds. The number of amides is 3. The van der Waals surface area contributed by atoms with Crippen molar-refractivity contribution in [2.75, 3.05) is 25.9 Å². The van der Waals surface area contributed by atoms with Crippen molar-refractivity contribution in [3.8, 4) is 0 Å². The van der Waals surface area contributed by atoms with Crippen molar-refractivity contribution in [3.05, 3.63) is 35.4 Å². The highest BCUT2D eigenvalue weighted by atomic mass is 35.5. The molecule has 1 N–H and O–H groups in total. The molecule has 0 atom stereocenters. The minimum absolute atomic E-state index is 0. The van der Waals surface area contributed by atoms with Gasteiger partial charge in [0.25, 0.3) is 11.1 Å². The van der Waals surface area contributed by atoms with Crippen molar-refractivity contribution in [2.24, 2.45) is 0 Å². The first-order valence-corrected chi connectivity index (χ1v) is 9.09. The summed E-state index contributed by atoms with van der Waals surface area (Å²) < 4.78 is 0. The van der Waals surface area contributed by atoms with E-state index in [0.29, 0.717) is 11.6 Å². The zero-order valence-corrected chi connectivity index (χ0v) is 15.7. The van der Waals surface area contributed by atoms with Crippen LogP contribution in [0.5, 0.6) is 0 Å². The number of nitrogens with one attached hydrogen (secondary N) is 1. The van der Waals surface area contributed by atoms with Crippen molar-refractivity contribution >= 4 is 41.2 Å². The van der Waals surface area contributed by atoms with E-state index in [1.165, 1.54) is 4.90 Å². The Morgan fingerprint density at radius 3 is 2.60 bits per heavy atom. The van der Waals surface area contributed by atoms with Gasteiger partial charge in [0.2, 0.25) is 5.91 Å².